The number of hydrogen-bond acceptors (Lipinski definition) is 4. The first-order valence-electron chi connectivity index (χ1n) is 8.03. The monoisotopic (exact) mass is 335 g/mol. The van der Waals surface area contributed by atoms with Gasteiger partial charge in [0.15, 0.2) is 6.07 Å². The van der Waals surface area contributed by atoms with Crippen LogP contribution in [0.4, 0.5) is 4.79 Å². The Morgan fingerprint density at radius 3 is 2.05 bits per heavy atom. The zero-order valence-corrected chi connectivity index (χ0v) is 14.8. The molecule has 0 bridgehead atoms. The number of ether oxygens (including phenoxy) is 2. The largest absolute Gasteiger partial charge is 0.449 e. The minimum Gasteiger partial charge on any atom is -0.449 e. The maximum atomic E-state index is 11.4. The van der Waals surface area contributed by atoms with E-state index in [0.717, 1.165) is 44.9 Å². The Morgan fingerprint density at radius 2 is 1.50 bits per heavy atom. The number of carbonyl (C=O) groups excluding carboxylic acids is 2. The molecule has 0 aromatic rings. The third-order valence-electron chi connectivity index (χ3n) is 2.94. The summed E-state index contributed by atoms with van der Waals surface area (Å²) in [6, 6.07) is -0.0594. The van der Waals surface area contributed by atoms with Gasteiger partial charge < -0.3 is 14.8 Å². The number of hydrogen-bond donors (Lipinski definition) is 1. The van der Waals surface area contributed by atoms with Gasteiger partial charge in [-0.2, -0.15) is 0 Å². The molecule has 0 atom stereocenters. The standard InChI is InChI=1S/C16H30ClNO4/c1-16(2,3)22-15(20)18-12-10-8-6-4-5-7-9-11-14(19)21-13-17/h4-13H2,1-3H3,(H,18,20). The minimum atomic E-state index is -0.444. The van der Waals surface area contributed by atoms with Crippen molar-refractivity contribution in [2.75, 3.05) is 12.6 Å². The summed E-state index contributed by atoms with van der Waals surface area (Å²) in [6.45, 7) is 6.20. The maximum absolute atomic E-state index is 11.4. The van der Waals surface area contributed by atoms with Crippen LogP contribution in [0.15, 0.2) is 0 Å². The van der Waals surface area contributed by atoms with E-state index >= 15 is 0 Å². The molecule has 0 spiro atoms. The summed E-state index contributed by atoms with van der Waals surface area (Å²) in [7, 11) is 0. The Morgan fingerprint density at radius 1 is 0.955 bits per heavy atom. The van der Waals surface area contributed by atoms with Gasteiger partial charge in [0.05, 0.1) is 0 Å². The molecule has 0 unspecified atom stereocenters. The second-order valence-electron chi connectivity index (χ2n) is 6.28. The normalized spacial score (nSPS) is 11.1. The molecule has 22 heavy (non-hydrogen) atoms. The molecular weight excluding hydrogens is 306 g/mol. The Hall–Kier alpha value is -0.970. The molecule has 0 saturated carbocycles. The van der Waals surface area contributed by atoms with Gasteiger partial charge in [-0.3, -0.25) is 4.79 Å². The summed E-state index contributed by atoms with van der Waals surface area (Å²) in [6.07, 6.45) is 7.45. The van der Waals surface area contributed by atoms with E-state index in [1.54, 1.807) is 0 Å². The van der Waals surface area contributed by atoms with Gasteiger partial charge in [0.1, 0.15) is 5.60 Å². The van der Waals surface area contributed by atoms with Crippen molar-refractivity contribution in [3.05, 3.63) is 0 Å². The summed E-state index contributed by atoms with van der Waals surface area (Å²) in [5, 5.41) is 2.75. The summed E-state index contributed by atoms with van der Waals surface area (Å²) in [4.78, 5) is 22.4. The summed E-state index contributed by atoms with van der Waals surface area (Å²) < 4.78 is 9.80. The van der Waals surface area contributed by atoms with Gasteiger partial charge in [0.2, 0.25) is 0 Å². The molecule has 130 valence electrons. The number of alkyl halides is 1. The lowest BCUT2D eigenvalue weighted by Gasteiger charge is -2.19. The molecule has 0 aromatic carbocycles. The fourth-order valence-electron chi connectivity index (χ4n) is 1.92. The smallest absolute Gasteiger partial charge is 0.407 e. The summed E-state index contributed by atoms with van der Waals surface area (Å²) in [5.41, 5.74) is -0.444. The number of halogens is 1. The molecule has 0 aliphatic rings. The molecule has 0 aliphatic carbocycles. The van der Waals surface area contributed by atoms with Crippen molar-refractivity contribution < 1.29 is 19.1 Å². The van der Waals surface area contributed by atoms with Gasteiger partial charge in [0, 0.05) is 13.0 Å². The van der Waals surface area contributed by atoms with Crippen LogP contribution in [0.1, 0.15) is 72.1 Å². The third kappa shape index (κ3) is 15.4. The van der Waals surface area contributed by atoms with Crippen LogP contribution in [-0.2, 0) is 14.3 Å². The Bertz CT molecular complexity index is 316. The van der Waals surface area contributed by atoms with E-state index in [1.807, 2.05) is 20.8 Å². The van der Waals surface area contributed by atoms with Crippen molar-refractivity contribution in [2.45, 2.75) is 77.7 Å². The average Bonchev–Trinajstić information content (AvgIpc) is 2.39. The van der Waals surface area contributed by atoms with E-state index in [1.165, 1.54) is 0 Å². The number of carbonyl (C=O) groups is 2. The van der Waals surface area contributed by atoms with Gasteiger partial charge >= 0.3 is 12.1 Å². The van der Waals surface area contributed by atoms with E-state index in [0.29, 0.717) is 13.0 Å². The van der Waals surface area contributed by atoms with E-state index in [9.17, 15) is 9.59 Å². The minimum absolute atomic E-state index is 0.0594. The van der Waals surface area contributed by atoms with Gasteiger partial charge in [0.25, 0.3) is 0 Å². The molecule has 1 amide bonds. The van der Waals surface area contributed by atoms with E-state index < -0.39 is 5.60 Å². The highest BCUT2D eigenvalue weighted by Crippen LogP contribution is 2.09. The third-order valence-corrected chi connectivity index (χ3v) is 3.05. The number of nitrogens with one attached hydrogen (secondary N) is 1. The van der Waals surface area contributed by atoms with E-state index in [4.69, 9.17) is 16.3 Å². The van der Waals surface area contributed by atoms with Crippen molar-refractivity contribution in [2.24, 2.45) is 0 Å². The predicted octanol–water partition coefficient (Wildman–Crippen LogP) is 4.37. The van der Waals surface area contributed by atoms with Crippen LogP contribution in [0.3, 0.4) is 0 Å². The SMILES string of the molecule is CC(C)(C)OC(=O)NCCCCCCCCCC(=O)OCCl. The van der Waals surface area contributed by atoms with Crippen LogP contribution in [0, 0.1) is 0 Å². The molecular formula is C16H30ClNO4. The maximum Gasteiger partial charge on any atom is 0.407 e. The van der Waals surface area contributed by atoms with E-state index in [2.05, 4.69) is 10.1 Å². The van der Waals surface area contributed by atoms with Crippen molar-refractivity contribution in [1.29, 1.82) is 0 Å². The molecule has 6 heteroatoms. The van der Waals surface area contributed by atoms with Gasteiger partial charge in [-0.05, 0) is 33.6 Å². The number of esters is 1. The molecule has 0 aromatic heterocycles. The number of alkyl carbamates (subject to hydrolysis) is 1. The Labute approximate surface area is 139 Å². The van der Waals surface area contributed by atoms with E-state index in [-0.39, 0.29) is 18.1 Å². The van der Waals surface area contributed by atoms with Gasteiger partial charge in [-0.15, -0.1) is 0 Å². The number of amides is 1. The fourth-order valence-corrected chi connectivity index (χ4v) is 2.04. The first-order valence-corrected chi connectivity index (χ1v) is 8.57. The summed E-state index contributed by atoms with van der Waals surface area (Å²) in [5.74, 6) is -0.219. The average molecular weight is 336 g/mol. The first-order chi connectivity index (χ1) is 10.3. The summed E-state index contributed by atoms with van der Waals surface area (Å²) >= 11 is 5.29. The van der Waals surface area contributed by atoms with Gasteiger partial charge in [-0.25, -0.2) is 4.79 Å². The van der Waals surface area contributed by atoms with Gasteiger partial charge in [-0.1, -0.05) is 43.7 Å². The lowest BCUT2D eigenvalue weighted by molar-refractivity contribution is -0.141. The topological polar surface area (TPSA) is 64.6 Å². The second-order valence-corrected chi connectivity index (χ2v) is 6.50. The van der Waals surface area contributed by atoms with Crippen LogP contribution in [0.5, 0.6) is 0 Å². The van der Waals surface area contributed by atoms with Crippen molar-refractivity contribution in [3.8, 4) is 0 Å². The second kappa shape index (κ2) is 12.6. The molecule has 5 nitrogen and oxygen atoms in total. The van der Waals surface area contributed by atoms with Crippen molar-refractivity contribution in [3.63, 3.8) is 0 Å². The van der Waals surface area contributed by atoms with Crippen LogP contribution in [-0.4, -0.2) is 30.3 Å². The molecule has 0 heterocycles. The highest BCUT2D eigenvalue weighted by molar-refractivity contribution is 6.17. The highest BCUT2D eigenvalue weighted by Gasteiger charge is 2.15. The molecule has 0 radical (unpaired) electrons. The quantitative estimate of drug-likeness (QED) is 0.346. The Balaban J connectivity index is 3.27. The fraction of sp³-hybridized carbons (Fsp3) is 0.875. The molecule has 0 fully saturated rings. The zero-order valence-electron chi connectivity index (χ0n) is 14.1. The van der Waals surface area contributed by atoms with Crippen LogP contribution >= 0.6 is 11.6 Å². The van der Waals surface area contributed by atoms with Crippen LogP contribution < -0.4 is 5.32 Å². The first kappa shape index (κ1) is 21.0. The molecule has 0 saturated heterocycles. The van der Waals surface area contributed by atoms with Crippen molar-refractivity contribution >= 4 is 23.7 Å². The lowest BCUT2D eigenvalue weighted by atomic mass is 10.1. The number of rotatable bonds is 11. The molecule has 0 rings (SSSR count). The predicted molar refractivity (Wildman–Crippen MR) is 88.0 cm³/mol. The molecule has 1 N–H and O–H groups in total. The lowest BCUT2D eigenvalue weighted by Crippen LogP contribution is -2.32. The van der Waals surface area contributed by atoms with Crippen LogP contribution in [0.2, 0.25) is 0 Å². The Kier molecular flexibility index (Phi) is 12.0. The highest BCUT2D eigenvalue weighted by atomic mass is 35.5. The molecule has 0 aliphatic heterocycles. The van der Waals surface area contributed by atoms with Crippen LogP contribution in [0.25, 0.3) is 0 Å². The van der Waals surface area contributed by atoms with Crippen molar-refractivity contribution in [1.82, 2.24) is 5.32 Å². The number of unbranched alkanes of at least 4 members (excludes halogenated alkanes) is 6. The zero-order chi connectivity index (χ0) is 16.8.